The summed E-state index contributed by atoms with van der Waals surface area (Å²) >= 11 is 1.67. The van der Waals surface area contributed by atoms with Gasteiger partial charge in [0.15, 0.2) is 0 Å². The van der Waals surface area contributed by atoms with Crippen LogP contribution in [0.2, 0.25) is 0 Å². The molecule has 17 heavy (non-hydrogen) atoms. The molecule has 2 N–H and O–H groups in total. The van der Waals surface area contributed by atoms with E-state index >= 15 is 0 Å². The van der Waals surface area contributed by atoms with E-state index < -0.39 is 0 Å². The van der Waals surface area contributed by atoms with Crippen molar-refractivity contribution in [1.82, 2.24) is 15.6 Å². The molecular formula is C12H21N3OS. The van der Waals surface area contributed by atoms with E-state index in [0.717, 1.165) is 24.5 Å². The van der Waals surface area contributed by atoms with E-state index in [1.807, 2.05) is 20.0 Å². The second kappa shape index (κ2) is 7.40. The first-order chi connectivity index (χ1) is 8.17. The molecule has 0 saturated carbocycles. The molecule has 0 bridgehead atoms. The first-order valence-corrected chi connectivity index (χ1v) is 6.93. The summed E-state index contributed by atoms with van der Waals surface area (Å²) in [5.74, 6) is 0.0756. The van der Waals surface area contributed by atoms with Gasteiger partial charge in [-0.1, -0.05) is 13.8 Å². The van der Waals surface area contributed by atoms with Crippen molar-refractivity contribution in [1.29, 1.82) is 0 Å². The van der Waals surface area contributed by atoms with Gasteiger partial charge >= 0.3 is 0 Å². The number of nitrogens with zero attached hydrogens (tertiary/aromatic N) is 1. The molecule has 1 atom stereocenters. The molecule has 0 fully saturated rings. The number of hydrogen-bond acceptors (Lipinski definition) is 4. The van der Waals surface area contributed by atoms with Gasteiger partial charge in [0, 0.05) is 24.0 Å². The number of aromatic nitrogens is 1. The van der Waals surface area contributed by atoms with Crippen LogP contribution in [0, 0.1) is 0 Å². The summed E-state index contributed by atoms with van der Waals surface area (Å²) in [7, 11) is 0. The molecular weight excluding hydrogens is 234 g/mol. The zero-order chi connectivity index (χ0) is 12.7. The van der Waals surface area contributed by atoms with Crippen LogP contribution in [-0.4, -0.2) is 24.0 Å². The van der Waals surface area contributed by atoms with Gasteiger partial charge in [-0.2, -0.15) is 0 Å². The van der Waals surface area contributed by atoms with Crippen LogP contribution < -0.4 is 10.6 Å². The lowest BCUT2D eigenvalue weighted by Gasteiger charge is -2.11. The quantitative estimate of drug-likeness (QED) is 0.732. The third kappa shape index (κ3) is 4.83. The lowest BCUT2D eigenvalue weighted by atomic mass is 10.3. The van der Waals surface area contributed by atoms with E-state index in [-0.39, 0.29) is 11.9 Å². The molecule has 5 heteroatoms. The number of carbonyl (C=O) groups excluding carboxylic acids is 1. The van der Waals surface area contributed by atoms with Crippen molar-refractivity contribution < 1.29 is 4.79 Å². The molecule has 1 unspecified atom stereocenters. The predicted molar refractivity (Wildman–Crippen MR) is 71.2 cm³/mol. The maximum atomic E-state index is 11.6. The second-order valence-corrected chi connectivity index (χ2v) is 5.06. The minimum absolute atomic E-state index is 0.00873. The molecule has 1 rings (SSSR count). The fourth-order valence-corrected chi connectivity index (χ4v) is 2.30. The van der Waals surface area contributed by atoms with E-state index in [2.05, 4.69) is 22.5 Å². The van der Waals surface area contributed by atoms with E-state index in [1.54, 1.807) is 11.3 Å². The summed E-state index contributed by atoms with van der Waals surface area (Å²) in [5.41, 5.74) is 0. The van der Waals surface area contributed by atoms with Crippen molar-refractivity contribution in [2.24, 2.45) is 0 Å². The highest BCUT2D eigenvalue weighted by Crippen LogP contribution is 2.20. The molecule has 0 saturated heterocycles. The maximum absolute atomic E-state index is 11.6. The summed E-state index contributed by atoms with van der Waals surface area (Å²) in [6, 6.07) is 0.00873. The van der Waals surface area contributed by atoms with Gasteiger partial charge in [-0.05, 0) is 19.9 Å². The molecule has 0 spiro atoms. The SMILES string of the molecule is CCNCCC(=O)NC(C)c1ncc(CC)s1. The lowest BCUT2D eigenvalue weighted by Crippen LogP contribution is -2.29. The van der Waals surface area contributed by atoms with Crippen LogP contribution in [0.5, 0.6) is 0 Å². The Bertz CT molecular complexity index is 351. The minimum Gasteiger partial charge on any atom is -0.347 e. The summed E-state index contributed by atoms with van der Waals surface area (Å²) in [4.78, 5) is 17.2. The average molecular weight is 255 g/mol. The minimum atomic E-state index is 0.00873. The van der Waals surface area contributed by atoms with E-state index in [4.69, 9.17) is 0 Å². The topological polar surface area (TPSA) is 54.0 Å². The molecule has 0 aliphatic carbocycles. The Morgan fingerprint density at radius 2 is 2.29 bits per heavy atom. The van der Waals surface area contributed by atoms with Crippen LogP contribution in [0.1, 0.15) is 43.1 Å². The van der Waals surface area contributed by atoms with Crippen molar-refractivity contribution in [3.05, 3.63) is 16.1 Å². The molecule has 0 radical (unpaired) electrons. The third-order valence-electron chi connectivity index (χ3n) is 2.45. The highest BCUT2D eigenvalue weighted by atomic mass is 32.1. The van der Waals surface area contributed by atoms with Crippen molar-refractivity contribution in [2.45, 2.75) is 39.7 Å². The Balaban J connectivity index is 2.37. The Morgan fingerprint density at radius 3 is 2.88 bits per heavy atom. The Hall–Kier alpha value is -0.940. The van der Waals surface area contributed by atoms with Crippen molar-refractivity contribution in [2.75, 3.05) is 13.1 Å². The van der Waals surface area contributed by atoms with Crippen LogP contribution in [0.4, 0.5) is 0 Å². The summed E-state index contributed by atoms with van der Waals surface area (Å²) in [6.45, 7) is 7.74. The Kier molecular flexibility index (Phi) is 6.15. The van der Waals surface area contributed by atoms with E-state index in [0.29, 0.717) is 6.42 Å². The van der Waals surface area contributed by atoms with Gasteiger partial charge in [0.1, 0.15) is 5.01 Å². The number of rotatable bonds is 7. The van der Waals surface area contributed by atoms with Crippen LogP contribution >= 0.6 is 11.3 Å². The summed E-state index contributed by atoms with van der Waals surface area (Å²) < 4.78 is 0. The smallest absolute Gasteiger partial charge is 0.221 e. The van der Waals surface area contributed by atoms with Crippen molar-refractivity contribution >= 4 is 17.2 Å². The molecule has 1 heterocycles. The molecule has 96 valence electrons. The first kappa shape index (κ1) is 14.1. The van der Waals surface area contributed by atoms with Crippen LogP contribution in [0.25, 0.3) is 0 Å². The van der Waals surface area contributed by atoms with E-state index in [1.165, 1.54) is 4.88 Å². The molecule has 1 aromatic rings. The predicted octanol–water partition coefficient (Wildman–Crippen LogP) is 1.88. The molecule has 0 aromatic carbocycles. The molecule has 4 nitrogen and oxygen atoms in total. The number of aryl methyl sites for hydroxylation is 1. The Labute approximate surface area is 107 Å². The fraction of sp³-hybridized carbons (Fsp3) is 0.667. The van der Waals surface area contributed by atoms with Gasteiger partial charge < -0.3 is 10.6 Å². The number of thiazole rings is 1. The maximum Gasteiger partial charge on any atom is 0.221 e. The highest BCUT2D eigenvalue weighted by molar-refractivity contribution is 7.11. The zero-order valence-electron chi connectivity index (χ0n) is 10.7. The Morgan fingerprint density at radius 1 is 1.53 bits per heavy atom. The van der Waals surface area contributed by atoms with Gasteiger partial charge in [-0.3, -0.25) is 4.79 Å². The molecule has 0 aliphatic heterocycles. The number of amides is 1. The van der Waals surface area contributed by atoms with Crippen molar-refractivity contribution in [3.8, 4) is 0 Å². The lowest BCUT2D eigenvalue weighted by molar-refractivity contribution is -0.121. The average Bonchev–Trinajstić information content (AvgIpc) is 2.78. The second-order valence-electron chi connectivity index (χ2n) is 3.91. The molecule has 0 aliphatic rings. The number of hydrogen-bond donors (Lipinski definition) is 2. The largest absolute Gasteiger partial charge is 0.347 e. The monoisotopic (exact) mass is 255 g/mol. The number of carbonyl (C=O) groups is 1. The van der Waals surface area contributed by atoms with Gasteiger partial charge in [0.25, 0.3) is 0 Å². The zero-order valence-corrected chi connectivity index (χ0v) is 11.6. The molecule has 1 amide bonds. The van der Waals surface area contributed by atoms with Crippen LogP contribution in [0.3, 0.4) is 0 Å². The fourth-order valence-electron chi connectivity index (χ4n) is 1.44. The third-order valence-corrected chi connectivity index (χ3v) is 3.77. The van der Waals surface area contributed by atoms with Gasteiger partial charge in [0.2, 0.25) is 5.91 Å². The van der Waals surface area contributed by atoms with Gasteiger partial charge in [-0.15, -0.1) is 11.3 Å². The summed E-state index contributed by atoms with van der Waals surface area (Å²) in [5, 5.41) is 7.08. The standard InChI is InChI=1S/C12H21N3OS/c1-4-10-8-14-12(17-10)9(3)15-11(16)6-7-13-5-2/h8-9,13H,4-7H2,1-3H3,(H,15,16). The molecule has 1 aromatic heterocycles. The highest BCUT2D eigenvalue weighted by Gasteiger charge is 2.12. The normalized spacial score (nSPS) is 12.4. The van der Waals surface area contributed by atoms with E-state index in [9.17, 15) is 4.79 Å². The number of nitrogens with one attached hydrogen (secondary N) is 2. The summed E-state index contributed by atoms with van der Waals surface area (Å²) in [6.07, 6.45) is 3.41. The van der Waals surface area contributed by atoms with Gasteiger partial charge in [-0.25, -0.2) is 4.98 Å². The van der Waals surface area contributed by atoms with Crippen LogP contribution in [-0.2, 0) is 11.2 Å². The van der Waals surface area contributed by atoms with Gasteiger partial charge in [0.05, 0.1) is 6.04 Å². The first-order valence-electron chi connectivity index (χ1n) is 6.12. The van der Waals surface area contributed by atoms with Crippen molar-refractivity contribution in [3.63, 3.8) is 0 Å². The van der Waals surface area contributed by atoms with Crippen LogP contribution in [0.15, 0.2) is 6.20 Å².